The van der Waals surface area contributed by atoms with Crippen LogP contribution in [-0.2, 0) is 17.9 Å². The summed E-state index contributed by atoms with van der Waals surface area (Å²) in [6, 6.07) is 7.95. The van der Waals surface area contributed by atoms with Gasteiger partial charge in [-0.05, 0) is 25.8 Å². The van der Waals surface area contributed by atoms with Gasteiger partial charge < -0.3 is 20.1 Å². The average molecular weight is 354 g/mol. The third kappa shape index (κ3) is 3.04. The van der Waals surface area contributed by atoms with E-state index in [1.165, 1.54) is 6.42 Å². The molecule has 0 unspecified atom stereocenters. The summed E-state index contributed by atoms with van der Waals surface area (Å²) in [6.07, 6.45) is 4.96. The first kappa shape index (κ1) is 17.2. The smallest absolute Gasteiger partial charge is 0.152 e. The minimum Gasteiger partial charge on any atom is -0.388 e. The first-order chi connectivity index (χ1) is 12.6. The Labute approximate surface area is 153 Å². The van der Waals surface area contributed by atoms with Crippen molar-refractivity contribution in [1.29, 1.82) is 0 Å². The zero-order valence-corrected chi connectivity index (χ0v) is 15.2. The molecule has 0 atom stereocenters. The van der Waals surface area contributed by atoms with Gasteiger partial charge in [-0.1, -0.05) is 37.5 Å². The fraction of sp³-hybridized carbons (Fsp3) is 0.500. The summed E-state index contributed by atoms with van der Waals surface area (Å²) < 4.78 is 7.75. The molecule has 4 rings (SSSR count). The number of hydrogen-bond acceptors (Lipinski definition) is 5. The van der Waals surface area contributed by atoms with Gasteiger partial charge in [0.25, 0.3) is 0 Å². The van der Waals surface area contributed by atoms with Crippen LogP contribution in [0.25, 0.3) is 21.9 Å². The number of ether oxygens (including phenoxy) is 1. The monoisotopic (exact) mass is 354 g/mol. The van der Waals surface area contributed by atoms with Gasteiger partial charge in [0.1, 0.15) is 17.9 Å². The molecule has 6 nitrogen and oxygen atoms in total. The number of para-hydroxylation sites is 1. The number of aromatic nitrogens is 3. The minimum absolute atomic E-state index is 0.398. The molecule has 26 heavy (non-hydrogen) atoms. The predicted octanol–water partition coefficient (Wildman–Crippen LogP) is 3.40. The first-order valence-electron chi connectivity index (χ1n) is 9.45. The molecule has 3 aromatic rings. The summed E-state index contributed by atoms with van der Waals surface area (Å²) in [5.41, 5.74) is 7.99. The van der Waals surface area contributed by atoms with Crippen LogP contribution >= 0.6 is 0 Å². The Bertz CT molecular complexity index is 928. The van der Waals surface area contributed by atoms with Crippen molar-refractivity contribution in [3.05, 3.63) is 30.1 Å². The number of nitrogens with zero attached hydrogens (tertiary/aromatic N) is 3. The first-order valence-corrected chi connectivity index (χ1v) is 9.45. The summed E-state index contributed by atoms with van der Waals surface area (Å²) >= 11 is 0. The molecule has 0 amide bonds. The number of aliphatic hydroxyl groups is 1. The number of rotatable bonds is 5. The molecule has 1 saturated carbocycles. The maximum Gasteiger partial charge on any atom is 0.152 e. The molecule has 0 bridgehead atoms. The lowest BCUT2D eigenvalue weighted by Gasteiger charge is -2.33. The van der Waals surface area contributed by atoms with E-state index in [9.17, 15) is 5.11 Å². The van der Waals surface area contributed by atoms with Crippen molar-refractivity contribution in [3.63, 3.8) is 0 Å². The molecule has 0 aliphatic heterocycles. The number of fused-ring (bicyclic) bond motifs is 3. The highest BCUT2D eigenvalue weighted by molar-refractivity contribution is 6.06. The van der Waals surface area contributed by atoms with Crippen molar-refractivity contribution in [3.8, 4) is 0 Å². The van der Waals surface area contributed by atoms with E-state index in [1.54, 1.807) is 0 Å². The van der Waals surface area contributed by atoms with E-state index in [0.29, 0.717) is 31.1 Å². The number of benzene rings is 1. The normalized spacial score (nSPS) is 17.2. The van der Waals surface area contributed by atoms with Crippen molar-refractivity contribution in [2.24, 2.45) is 0 Å². The molecule has 1 aromatic carbocycles. The predicted molar refractivity (Wildman–Crippen MR) is 103 cm³/mol. The van der Waals surface area contributed by atoms with Gasteiger partial charge in [0.05, 0.1) is 23.2 Å². The van der Waals surface area contributed by atoms with E-state index in [-0.39, 0.29) is 0 Å². The standard InChI is InChI=1S/C20H26N4O2/c1-2-26-12-16-23-17-18(14-8-4-5-9-15(14)22-19(17)21)24(16)13-20(25)10-6-3-7-11-20/h4-5,8-9,25H,2-3,6-7,10-13H2,1H3,(H2,21,22). The van der Waals surface area contributed by atoms with Crippen molar-refractivity contribution in [2.75, 3.05) is 12.3 Å². The van der Waals surface area contributed by atoms with E-state index in [2.05, 4.69) is 9.55 Å². The summed E-state index contributed by atoms with van der Waals surface area (Å²) in [6.45, 7) is 3.49. The molecule has 0 spiro atoms. The van der Waals surface area contributed by atoms with Gasteiger partial charge in [0, 0.05) is 12.0 Å². The molecule has 6 heteroatoms. The van der Waals surface area contributed by atoms with Crippen LogP contribution in [-0.4, -0.2) is 31.8 Å². The van der Waals surface area contributed by atoms with E-state index in [4.69, 9.17) is 15.5 Å². The second-order valence-electron chi connectivity index (χ2n) is 7.25. The topological polar surface area (TPSA) is 86.2 Å². The van der Waals surface area contributed by atoms with Gasteiger partial charge >= 0.3 is 0 Å². The fourth-order valence-electron chi connectivity index (χ4n) is 4.04. The number of pyridine rings is 1. The van der Waals surface area contributed by atoms with Crippen LogP contribution in [0.2, 0.25) is 0 Å². The van der Waals surface area contributed by atoms with Crippen molar-refractivity contribution >= 4 is 27.8 Å². The quantitative estimate of drug-likeness (QED) is 0.733. The van der Waals surface area contributed by atoms with Crippen LogP contribution in [0.1, 0.15) is 44.9 Å². The van der Waals surface area contributed by atoms with Crippen molar-refractivity contribution in [2.45, 2.75) is 57.8 Å². The Morgan fingerprint density at radius 1 is 1.19 bits per heavy atom. The molecular weight excluding hydrogens is 328 g/mol. The Hall–Kier alpha value is -2.18. The lowest BCUT2D eigenvalue weighted by atomic mass is 9.85. The highest BCUT2D eigenvalue weighted by Gasteiger charge is 2.31. The SMILES string of the molecule is CCOCc1nc2c(N)nc3ccccc3c2n1CC1(O)CCCCC1. The van der Waals surface area contributed by atoms with Crippen LogP contribution < -0.4 is 5.73 Å². The third-order valence-corrected chi connectivity index (χ3v) is 5.36. The van der Waals surface area contributed by atoms with Gasteiger partial charge in [-0.25, -0.2) is 9.97 Å². The third-order valence-electron chi connectivity index (χ3n) is 5.36. The van der Waals surface area contributed by atoms with E-state index in [0.717, 1.165) is 47.9 Å². The van der Waals surface area contributed by atoms with Gasteiger partial charge in [0.2, 0.25) is 0 Å². The van der Waals surface area contributed by atoms with Gasteiger partial charge in [-0.2, -0.15) is 0 Å². The minimum atomic E-state index is -0.702. The molecule has 0 saturated heterocycles. The molecule has 2 aromatic heterocycles. The van der Waals surface area contributed by atoms with Crippen LogP contribution in [0.3, 0.4) is 0 Å². The second kappa shape index (κ2) is 6.85. The molecule has 1 fully saturated rings. The number of nitrogen functional groups attached to an aromatic ring is 1. The lowest BCUT2D eigenvalue weighted by molar-refractivity contribution is -0.0123. The van der Waals surface area contributed by atoms with Crippen LogP contribution in [0.5, 0.6) is 0 Å². The van der Waals surface area contributed by atoms with E-state index >= 15 is 0 Å². The molecule has 1 aliphatic rings. The van der Waals surface area contributed by atoms with Crippen LogP contribution in [0.15, 0.2) is 24.3 Å². The number of anilines is 1. The molecule has 1 aliphatic carbocycles. The Morgan fingerprint density at radius 3 is 2.73 bits per heavy atom. The maximum absolute atomic E-state index is 11.2. The average Bonchev–Trinajstić information content (AvgIpc) is 2.99. The van der Waals surface area contributed by atoms with E-state index < -0.39 is 5.60 Å². The summed E-state index contributed by atoms with van der Waals surface area (Å²) in [4.78, 5) is 9.24. The molecule has 3 N–H and O–H groups in total. The Morgan fingerprint density at radius 2 is 1.96 bits per heavy atom. The summed E-state index contributed by atoms with van der Waals surface area (Å²) in [5, 5.41) is 12.2. The fourth-order valence-corrected chi connectivity index (χ4v) is 4.04. The molecule has 2 heterocycles. The molecule has 0 radical (unpaired) electrons. The van der Waals surface area contributed by atoms with Crippen molar-refractivity contribution < 1.29 is 9.84 Å². The van der Waals surface area contributed by atoms with Gasteiger partial charge in [-0.15, -0.1) is 0 Å². The Balaban J connectivity index is 1.91. The maximum atomic E-state index is 11.2. The number of nitrogens with two attached hydrogens (primary N) is 1. The zero-order valence-electron chi connectivity index (χ0n) is 15.2. The van der Waals surface area contributed by atoms with Crippen LogP contribution in [0, 0.1) is 0 Å². The largest absolute Gasteiger partial charge is 0.388 e. The zero-order chi connectivity index (χ0) is 18.1. The summed E-state index contributed by atoms with van der Waals surface area (Å²) in [7, 11) is 0. The summed E-state index contributed by atoms with van der Waals surface area (Å²) in [5.74, 6) is 1.22. The second-order valence-corrected chi connectivity index (χ2v) is 7.25. The van der Waals surface area contributed by atoms with Crippen LogP contribution in [0.4, 0.5) is 5.82 Å². The van der Waals surface area contributed by atoms with Gasteiger partial charge in [-0.3, -0.25) is 0 Å². The molecular formula is C20H26N4O2. The Kier molecular flexibility index (Phi) is 4.54. The number of imidazole rings is 1. The van der Waals surface area contributed by atoms with Gasteiger partial charge in [0.15, 0.2) is 5.82 Å². The highest BCUT2D eigenvalue weighted by Crippen LogP contribution is 2.34. The van der Waals surface area contributed by atoms with E-state index in [1.807, 2.05) is 31.2 Å². The van der Waals surface area contributed by atoms with Crippen molar-refractivity contribution in [1.82, 2.24) is 14.5 Å². The highest BCUT2D eigenvalue weighted by atomic mass is 16.5. The molecule has 138 valence electrons. The number of hydrogen-bond donors (Lipinski definition) is 2. The lowest BCUT2D eigenvalue weighted by Crippen LogP contribution is -2.36.